The van der Waals surface area contributed by atoms with Gasteiger partial charge in [-0.15, -0.1) is 59.7 Å². The molecule has 47 heavy (non-hydrogen) atoms. The van der Waals surface area contributed by atoms with Gasteiger partial charge in [-0.05, 0) is 77.4 Å². The molecule has 0 atom stereocenters. The van der Waals surface area contributed by atoms with Crippen molar-refractivity contribution in [2.24, 2.45) is 0 Å². The summed E-state index contributed by atoms with van der Waals surface area (Å²) in [5.41, 5.74) is 15.0. The largest absolute Gasteiger partial charge is 0.456 e. The van der Waals surface area contributed by atoms with Gasteiger partial charge in [0.2, 0.25) is 0 Å². The van der Waals surface area contributed by atoms with E-state index in [2.05, 4.69) is 102 Å². The molecule has 0 spiro atoms. The Kier molecular flexibility index (Phi) is 8.26. The fourth-order valence-electron chi connectivity index (χ4n) is 6.21. The van der Waals surface area contributed by atoms with Gasteiger partial charge in [-0.25, -0.2) is 0 Å². The first-order chi connectivity index (χ1) is 22.6. The second-order valence-electron chi connectivity index (χ2n) is 11.4. The zero-order chi connectivity index (χ0) is 31.0. The Morgan fingerprint density at radius 1 is 0.638 bits per heavy atom. The van der Waals surface area contributed by atoms with Crippen LogP contribution >= 0.6 is 0 Å². The van der Waals surface area contributed by atoms with Crippen LogP contribution in [0.3, 0.4) is 0 Å². The maximum atomic E-state index is 6.20. The molecule has 0 amide bonds. The molecule has 3 aromatic heterocycles. The van der Waals surface area contributed by atoms with E-state index < -0.39 is 0 Å². The third-order valence-electron chi connectivity index (χ3n) is 8.49. The van der Waals surface area contributed by atoms with Crippen molar-refractivity contribution in [1.29, 1.82) is 0 Å². The molecule has 2 bridgehead atoms. The predicted octanol–water partition coefficient (Wildman–Crippen LogP) is 11.0. The zero-order valence-electron chi connectivity index (χ0n) is 25.8. The third-order valence-corrected chi connectivity index (χ3v) is 8.49. The molecule has 229 valence electrons. The van der Waals surface area contributed by atoms with Crippen LogP contribution in [0.5, 0.6) is 0 Å². The summed E-state index contributed by atoms with van der Waals surface area (Å²) in [5, 5.41) is 6.00. The molecule has 1 radical (unpaired) electrons. The monoisotopic (exact) mass is 784 g/mol. The van der Waals surface area contributed by atoms with E-state index in [4.69, 9.17) is 4.42 Å². The van der Waals surface area contributed by atoms with Gasteiger partial charge in [-0.1, -0.05) is 66.2 Å². The number of pyridine rings is 2. The van der Waals surface area contributed by atoms with Crippen molar-refractivity contribution >= 4 is 33.3 Å². The zero-order valence-corrected chi connectivity index (χ0v) is 28.2. The summed E-state index contributed by atoms with van der Waals surface area (Å²) in [4.78, 5) is 8.84. The maximum Gasteiger partial charge on any atom is 0.136 e. The van der Waals surface area contributed by atoms with Crippen molar-refractivity contribution in [3.05, 3.63) is 157 Å². The molecule has 1 aliphatic heterocycles. The fraction of sp³-hybridized carbons (Fsp3) is 0.0476. The average Bonchev–Trinajstić information content (AvgIpc) is 3.49. The molecular formula is C42H29IrN3O-2. The van der Waals surface area contributed by atoms with Crippen molar-refractivity contribution < 1.29 is 24.5 Å². The summed E-state index contributed by atoms with van der Waals surface area (Å²) in [6.07, 6.45) is 3.69. The number of para-hydroxylation sites is 1. The molecule has 9 rings (SSSR count). The minimum Gasteiger partial charge on any atom is -0.456 e. The molecule has 5 heteroatoms. The van der Waals surface area contributed by atoms with Crippen molar-refractivity contribution in [3.8, 4) is 44.8 Å². The number of hydrogen-bond acceptors (Lipinski definition) is 4. The number of nitrogens with zero attached hydrogens (tertiary/aromatic N) is 2. The number of rotatable bonds is 2. The summed E-state index contributed by atoms with van der Waals surface area (Å²) in [7, 11) is 0. The minimum absolute atomic E-state index is 0. The first-order valence-corrected chi connectivity index (χ1v) is 15.3. The van der Waals surface area contributed by atoms with E-state index in [0.717, 1.165) is 67.0 Å². The van der Waals surface area contributed by atoms with Crippen molar-refractivity contribution in [1.82, 2.24) is 9.97 Å². The van der Waals surface area contributed by atoms with Gasteiger partial charge in [0.15, 0.2) is 0 Å². The quantitative estimate of drug-likeness (QED) is 0.177. The summed E-state index contributed by atoms with van der Waals surface area (Å²) in [5.74, 6) is 0. The van der Waals surface area contributed by atoms with Gasteiger partial charge >= 0.3 is 0 Å². The van der Waals surface area contributed by atoms with Crippen LogP contribution in [0.2, 0.25) is 0 Å². The predicted molar refractivity (Wildman–Crippen MR) is 188 cm³/mol. The molecular weight excluding hydrogens is 755 g/mol. The second-order valence-corrected chi connectivity index (χ2v) is 11.4. The van der Waals surface area contributed by atoms with E-state index in [1.165, 1.54) is 22.3 Å². The number of fused-ring (bicyclic) bond motifs is 10. The molecule has 0 unspecified atom stereocenters. The summed E-state index contributed by atoms with van der Waals surface area (Å²) >= 11 is 0. The van der Waals surface area contributed by atoms with Gasteiger partial charge in [0.25, 0.3) is 0 Å². The molecule has 4 nitrogen and oxygen atoms in total. The minimum atomic E-state index is 0. The van der Waals surface area contributed by atoms with Crippen molar-refractivity contribution in [2.45, 2.75) is 13.8 Å². The van der Waals surface area contributed by atoms with Gasteiger partial charge in [0.05, 0.1) is 0 Å². The smallest absolute Gasteiger partial charge is 0.136 e. The van der Waals surface area contributed by atoms with Crippen LogP contribution in [0.15, 0.2) is 138 Å². The van der Waals surface area contributed by atoms with Crippen LogP contribution < -0.4 is 5.32 Å². The normalized spacial score (nSPS) is 11.2. The summed E-state index contributed by atoms with van der Waals surface area (Å²) in [6.45, 7) is 4.27. The van der Waals surface area contributed by atoms with Crippen molar-refractivity contribution in [3.63, 3.8) is 0 Å². The maximum absolute atomic E-state index is 6.20. The molecule has 5 aromatic carbocycles. The Morgan fingerprint density at radius 3 is 2.28 bits per heavy atom. The SMILES string of the molecule is Cc1ccc(-c2[c-]cc3c(c2)-c2cccc(c2C)-c2c(ccc4oc5ccccc5c24)N3)nc1.[Ir].[c-]1ccccc1-c1ccccn1. The Morgan fingerprint density at radius 2 is 1.47 bits per heavy atom. The van der Waals surface area contributed by atoms with E-state index in [9.17, 15) is 0 Å². The number of benzene rings is 5. The Balaban J connectivity index is 0.000000228. The molecule has 8 aromatic rings. The van der Waals surface area contributed by atoms with Gasteiger partial charge in [-0.2, -0.15) is 0 Å². The van der Waals surface area contributed by atoms with E-state index in [-0.39, 0.29) is 20.1 Å². The molecule has 1 aliphatic rings. The van der Waals surface area contributed by atoms with Crippen LogP contribution in [0, 0.1) is 26.0 Å². The van der Waals surface area contributed by atoms with E-state index in [1.807, 2.05) is 66.9 Å². The first-order valence-electron chi connectivity index (χ1n) is 15.3. The molecule has 0 fully saturated rings. The fourth-order valence-corrected chi connectivity index (χ4v) is 6.21. The number of anilines is 2. The van der Waals surface area contributed by atoms with Crippen LogP contribution in [0.4, 0.5) is 11.4 Å². The van der Waals surface area contributed by atoms with Crippen LogP contribution in [-0.2, 0) is 20.1 Å². The molecule has 0 saturated carbocycles. The first kappa shape index (κ1) is 30.3. The number of hydrogen-bond donors (Lipinski definition) is 1. The number of nitrogens with one attached hydrogen (secondary N) is 1. The summed E-state index contributed by atoms with van der Waals surface area (Å²) < 4.78 is 6.20. The Hall–Kier alpha value is -5.35. The molecule has 4 heterocycles. The third kappa shape index (κ3) is 5.65. The molecule has 0 aliphatic carbocycles. The van der Waals surface area contributed by atoms with Gasteiger partial charge < -0.3 is 19.7 Å². The average molecular weight is 784 g/mol. The van der Waals surface area contributed by atoms with Crippen LogP contribution in [-0.4, -0.2) is 9.97 Å². The number of aromatic nitrogens is 2. The van der Waals surface area contributed by atoms with Crippen LogP contribution in [0.1, 0.15) is 11.1 Å². The van der Waals surface area contributed by atoms with Gasteiger partial charge in [0, 0.05) is 54.5 Å². The standard InChI is InChI=1S/C31H21N2O.C11H8N.Ir/c1-18-10-12-25(32-17-18)20-11-13-26-24(16-20)21-7-5-8-22(19(21)2)30-27(33-26)14-15-29-31(30)23-6-3-4-9-28(23)34-29;1-2-6-10(7-3-1)11-8-4-5-9-12-11;/h3-10,12-17,33H,1-2H3;1-6,8-9H;/q2*-1;. The van der Waals surface area contributed by atoms with Gasteiger partial charge in [-0.3, -0.25) is 0 Å². The van der Waals surface area contributed by atoms with E-state index >= 15 is 0 Å². The Labute approximate surface area is 287 Å². The van der Waals surface area contributed by atoms with Gasteiger partial charge in [0.1, 0.15) is 11.2 Å². The van der Waals surface area contributed by atoms with Crippen molar-refractivity contribution in [2.75, 3.05) is 5.32 Å². The number of furan rings is 1. The second kappa shape index (κ2) is 12.8. The van der Waals surface area contributed by atoms with E-state index in [1.54, 1.807) is 6.20 Å². The topological polar surface area (TPSA) is 51.0 Å². The van der Waals surface area contributed by atoms with E-state index in [0.29, 0.717) is 0 Å². The molecule has 1 N–H and O–H groups in total. The summed E-state index contributed by atoms with van der Waals surface area (Å²) in [6, 6.07) is 47.7. The van der Waals surface area contributed by atoms with Crippen LogP contribution in [0.25, 0.3) is 66.7 Å². The number of aryl methyl sites for hydroxylation is 1. The Bertz CT molecular complexity index is 2310. The molecule has 0 saturated heterocycles.